The zero-order chi connectivity index (χ0) is 17.6. The molecule has 2 N–H and O–H groups in total. The van der Waals surface area contributed by atoms with Gasteiger partial charge in [0.2, 0.25) is 0 Å². The third-order valence-corrected chi connectivity index (χ3v) is 3.97. The molecule has 0 aliphatic rings. The lowest BCUT2D eigenvalue weighted by Gasteiger charge is -2.13. The van der Waals surface area contributed by atoms with Gasteiger partial charge in [-0.3, -0.25) is 14.9 Å². The van der Waals surface area contributed by atoms with Crippen LogP contribution in [0.5, 0.6) is 0 Å². The first-order valence-corrected chi connectivity index (χ1v) is 8.12. The predicted molar refractivity (Wildman–Crippen MR) is 98.6 cm³/mol. The summed E-state index contributed by atoms with van der Waals surface area (Å²) in [6, 6.07) is 10.0. The summed E-state index contributed by atoms with van der Waals surface area (Å²) in [5.74, 6) is -0.122. The first-order valence-electron chi connectivity index (χ1n) is 8.12. The van der Waals surface area contributed by atoms with Crippen LogP contribution in [-0.2, 0) is 6.42 Å². The smallest absolute Gasteiger partial charge is 0.252 e. The van der Waals surface area contributed by atoms with Crippen LogP contribution in [-0.4, -0.2) is 41.7 Å². The molecule has 2 aromatic heterocycles. The number of anilines is 1. The molecule has 3 rings (SSSR count). The van der Waals surface area contributed by atoms with Crippen molar-refractivity contribution in [1.82, 2.24) is 20.5 Å². The van der Waals surface area contributed by atoms with Gasteiger partial charge in [-0.05, 0) is 35.7 Å². The Balaban J connectivity index is 1.66. The molecule has 0 saturated carbocycles. The van der Waals surface area contributed by atoms with Crippen molar-refractivity contribution < 1.29 is 4.79 Å². The van der Waals surface area contributed by atoms with Gasteiger partial charge in [0.25, 0.3) is 5.91 Å². The Morgan fingerprint density at radius 3 is 2.60 bits per heavy atom. The number of carbonyl (C=O) groups excluding carboxylic acids is 1. The lowest BCUT2D eigenvalue weighted by Crippen LogP contribution is -2.25. The van der Waals surface area contributed by atoms with Gasteiger partial charge in [-0.1, -0.05) is 12.1 Å². The fraction of sp³-hybridized carbons (Fsp3) is 0.211. The average molecular weight is 335 g/mol. The van der Waals surface area contributed by atoms with Gasteiger partial charge in [0.1, 0.15) is 0 Å². The fourth-order valence-electron chi connectivity index (χ4n) is 2.51. The quantitative estimate of drug-likeness (QED) is 0.726. The Bertz CT molecular complexity index is 825. The number of aromatic amines is 1. The first-order chi connectivity index (χ1) is 12.1. The molecule has 128 valence electrons. The van der Waals surface area contributed by atoms with Crippen molar-refractivity contribution in [3.8, 4) is 11.1 Å². The van der Waals surface area contributed by atoms with E-state index in [4.69, 9.17) is 0 Å². The van der Waals surface area contributed by atoms with Gasteiger partial charge < -0.3 is 10.2 Å². The van der Waals surface area contributed by atoms with Gasteiger partial charge in [0.15, 0.2) is 0 Å². The maximum atomic E-state index is 12.3. The zero-order valence-electron chi connectivity index (χ0n) is 14.4. The van der Waals surface area contributed by atoms with Crippen molar-refractivity contribution >= 4 is 11.6 Å². The average Bonchev–Trinajstić information content (AvgIpc) is 3.15. The highest BCUT2D eigenvalue weighted by atomic mass is 16.1. The summed E-state index contributed by atoms with van der Waals surface area (Å²) in [4.78, 5) is 18.6. The second-order valence-electron chi connectivity index (χ2n) is 6.02. The van der Waals surface area contributed by atoms with Crippen molar-refractivity contribution in [1.29, 1.82) is 0 Å². The highest BCUT2D eigenvalue weighted by Crippen LogP contribution is 2.22. The van der Waals surface area contributed by atoms with E-state index in [1.54, 1.807) is 18.6 Å². The molecule has 0 saturated heterocycles. The molecule has 1 amide bonds. The van der Waals surface area contributed by atoms with Gasteiger partial charge in [0.05, 0.1) is 11.8 Å². The van der Waals surface area contributed by atoms with Crippen molar-refractivity contribution in [3.63, 3.8) is 0 Å². The van der Waals surface area contributed by atoms with Crippen LogP contribution in [0, 0.1) is 0 Å². The van der Waals surface area contributed by atoms with Crippen molar-refractivity contribution in [2.75, 3.05) is 25.5 Å². The number of carbonyl (C=O) groups is 1. The molecule has 0 aliphatic heterocycles. The van der Waals surface area contributed by atoms with Crippen LogP contribution in [0.2, 0.25) is 0 Å². The molecule has 2 heterocycles. The molecule has 0 aliphatic carbocycles. The summed E-state index contributed by atoms with van der Waals surface area (Å²) in [5.41, 5.74) is 4.71. The third kappa shape index (κ3) is 4.23. The molecule has 0 radical (unpaired) electrons. The summed E-state index contributed by atoms with van der Waals surface area (Å²) in [5, 5.41) is 9.56. The number of aromatic nitrogens is 3. The minimum Gasteiger partial charge on any atom is -0.378 e. The monoisotopic (exact) mass is 335 g/mol. The molecule has 25 heavy (non-hydrogen) atoms. The second-order valence-corrected chi connectivity index (χ2v) is 6.02. The SMILES string of the molecule is CN(C)c1ccc(-c2cncc(C(=O)NCCc3cn[nH]c3)c2)cc1. The van der Waals surface area contributed by atoms with Crippen LogP contribution in [0.15, 0.2) is 55.1 Å². The largest absolute Gasteiger partial charge is 0.378 e. The summed E-state index contributed by atoms with van der Waals surface area (Å²) in [6.45, 7) is 0.556. The molecule has 6 nitrogen and oxygen atoms in total. The van der Waals surface area contributed by atoms with Gasteiger partial charge in [-0.2, -0.15) is 5.10 Å². The van der Waals surface area contributed by atoms with E-state index in [0.29, 0.717) is 12.1 Å². The minimum absolute atomic E-state index is 0.122. The molecule has 0 fully saturated rings. The predicted octanol–water partition coefficient (Wildman–Crippen LogP) is 2.51. The summed E-state index contributed by atoms with van der Waals surface area (Å²) >= 11 is 0. The summed E-state index contributed by atoms with van der Waals surface area (Å²) < 4.78 is 0. The Labute approximate surface area is 146 Å². The van der Waals surface area contributed by atoms with E-state index >= 15 is 0 Å². The number of hydrogen-bond acceptors (Lipinski definition) is 4. The van der Waals surface area contributed by atoms with E-state index in [1.165, 1.54) is 0 Å². The van der Waals surface area contributed by atoms with Crippen LogP contribution >= 0.6 is 0 Å². The Kier molecular flexibility index (Phi) is 5.09. The van der Waals surface area contributed by atoms with Crippen LogP contribution < -0.4 is 10.2 Å². The molecular formula is C19H21N5O. The highest BCUT2D eigenvalue weighted by Gasteiger charge is 2.08. The van der Waals surface area contributed by atoms with E-state index in [2.05, 4.69) is 20.5 Å². The van der Waals surface area contributed by atoms with E-state index < -0.39 is 0 Å². The van der Waals surface area contributed by atoms with Crippen molar-refractivity contribution in [2.45, 2.75) is 6.42 Å². The van der Waals surface area contributed by atoms with Gasteiger partial charge in [-0.25, -0.2) is 0 Å². The summed E-state index contributed by atoms with van der Waals surface area (Å²) in [7, 11) is 4.01. The van der Waals surface area contributed by atoms with E-state index in [-0.39, 0.29) is 5.91 Å². The van der Waals surface area contributed by atoms with Gasteiger partial charge in [0, 0.05) is 50.5 Å². The molecule has 1 aromatic carbocycles. The van der Waals surface area contributed by atoms with Crippen molar-refractivity contribution in [3.05, 3.63) is 66.2 Å². The molecule has 6 heteroatoms. The first kappa shape index (κ1) is 16.7. The van der Waals surface area contributed by atoms with Gasteiger partial charge >= 0.3 is 0 Å². The van der Waals surface area contributed by atoms with Crippen LogP contribution in [0.3, 0.4) is 0 Å². The van der Waals surface area contributed by atoms with E-state index in [0.717, 1.165) is 28.8 Å². The molecule has 0 bridgehead atoms. The highest BCUT2D eigenvalue weighted by molar-refractivity contribution is 5.95. The number of nitrogens with zero attached hydrogens (tertiary/aromatic N) is 3. The normalized spacial score (nSPS) is 10.5. The summed E-state index contributed by atoms with van der Waals surface area (Å²) in [6.07, 6.45) is 7.68. The molecular weight excluding hydrogens is 314 g/mol. The molecule has 0 atom stereocenters. The zero-order valence-corrected chi connectivity index (χ0v) is 14.4. The number of rotatable bonds is 6. The number of nitrogens with one attached hydrogen (secondary N) is 2. The number of H-pyrrole nitrogens is 1. The van der Waals surface area contributed by atoms with E-state index in [9.17, 15) is 4.79 Å². The van der Waals surface area contributed by atoms with Gasteiger partial charge in [-0.15, -0.1) is 0 Å². The lowest BCUT2D eigenvalue weighted by atomic mass is 10.1. The number of benzene rings is 1. The van der Waals surface area contributed by atoms with E-state index in [1.807, 2.05) is 55.5 Å². The fourth-order valence-corrected chi connectivity index (χ4v) is 2.51. The third-order valence-electron chi connectivity index (χ3n) is 3.97. The standard InChI is InChI=1S/C19H21N5O/c1-24(2)18-5-3-15(4-6-18)16-9-17(13-20-12-16)19(25)21-8-7-14-10-22-23-11-14/h3-6,9-13H,7-8H2,1-2H3,(H,21,25)(H,22,23). The Morgan fingerprint density at radius 1 is 1.12 bits per heavy atom. The Morgan fingerprint density at radius 2 is 1.92 bits per heavy atom. The maximum absolute atomic E-state index is 12.3. The maximum Gasteiger partial charge on any atom is 0.252 e. The van der Waals surface area contributed by atoms with Crippen molar-refractivity contribution in [2.24, 2.45) is 0 Å². The number of amides is 1. The number of pyridine rings is 1. The minimum atomic E-state index is -0.122. The lowest BCUT2D eigenvalue weighted by molar-refractivity contribution is 0.0954. The molecule has 0 unspecified atom stereocenters. The Hall–Kier alpha value is -3.15. The van der Waals surface area contributed by atoms with Crippen LogP contribution in [0.25, 0.3) is 11.1 Å². The van der Waals surface area contributed by atoms with Crippen LogP contribution in [0.1, 0.15) is 15.9 Å². The molecule has 0 spiro atoms. The topological polar surface area (TPSA) is 73.9 Å². The number of hydrogen-bond donors (Lipinski definition) is 2. The van der Waals surface area contributed by atoms with Crippen LogP contribution in [0.4, 0.5) is 5.69 Å². The second kappa shape index (κ2) is 7.61. The molecule has 3 aromatic rings.